The molecule has 0 radical (unpaired) electrons. The van der Waals surface area contributed by atoms with Crippen LogP contribution in [0.4, 0.5) is 5.69 Å². The largest absolute Gasteiger partial charge is 0.494 e. The molecule has 204 valence electrons. The third kappa shape index (κ3) is 10.0. The molecule has 10 heteroatoms. The highest BCUT2D eigenvalue weighted by molar-refractivity contribution is 9.10. The predicted molar refractivity (Wildman–Crippen MR) is 151 cm³/mol. The number of halogens is 1. The highest BCUT2D eigenvalue weighted by atomic mass is 79.9. The number of sulfonamides is 1. The van der Waals surface area contributed by atoms with E-state index in [0.717, 1.165) is 29.1 Å². The van der Waals surface area contributed by atoms with Gasteiger partial charge in [0.05, 0.1) is 18.6 Å². The molecule has 1 N–H and O–H groups in total. The van der Waals surface area contributed by atoms with Crippen molar-refractivity contribution < 1.29 is 22.7 Å². The summed E-state index contributed by atoms with van der Waals surface area (Å²) in [5, 5.41) is 2.91. The van der Waals surface area contributed by atoms with Gasteiger partial charge in [0.25, 0.3) is 0 Å². The first kappa shape index (κ1) is 30.6. The van der Waals surface area contributed by atoms with Gasteiger partial charge in [0, 0.05) is 30.5 Å². The van der Waals surface area contributed by atoms with E-state index in [1.807, 2.05) is 38.1 Å². The van der Waals surface area contributed by atoms with E-state index in [2.05, 4.69) is 21.2 Å². The maximum absolute atomic E-state index is 13.3. The predicted octanol–water partition coefficient (Wildman–Crippen LogP) is 4.73. The van der Waals surface area contributed by atoms with Crippen molar-refractivity contribution in [1.29, 1.82) is 0 Å². The van der Waals surface area contributed by atoms with Crippen LogP contribution in [0.5, 0.6) is 5.75 Å². The van der Waals surface area contributed by atoms with Crippen LogP contribution in [-0.4, -0.2) is 57.1 Å². The van der Waals surface area contributed by atoms with Gasteiger partial charge >= 0.3 is 0 Å². The molecule has 0 saturated carbocycles. The lowest BCUT2D eigenvalue weighted by Crippen LogP contribution is -2.48. The molecule has 0 saturated heterocycles. The second kappa shape index (κ2) is 15.0. The van der Waals surface area contributed by atoms with Crippen molar-refractivity contribution >= 4 is 43.5 Å². The fourth-order valence-electron chi connectivity index (χ4n) is 3.83. The van der Waals surface area contributed by atoms with Gasteiger partial charge in [0.2, 0.25) is 21.8 Å². The number of unbranched alkanes of at least 4 members (excludes halogenated alkanes) is 1. The van der Waals surface area contributed by atoms with Gasteiger partial charge < -0.3 is 15.0 Å². The molecule has 2 aromatic rings. The number of anilines is 1. The molecule has 0 unspecified atom stereocenters. The summed E-state index contributed by atoms with van der Waals surface area (Å²) in [5.41, 5.74) is 1.40. The Morgan fingerprint density at radius 1 is 1.08 bits per heavy atom. The van der Waals surface area contributed by atoms with Crippen molar-refractivity contribution in [2.24, 2.45) is 0 Å². The van der Waals surface area contributed by atoms with Gasteiger partial charge in [-0.25, -0.2) is 8.42 Å². The van der Waals surface area contributed by atoms with Crippen molar-refractivity contribution in [3.8, 4) is 5.75 Å². The molecule has 0 aromatic heterocycles. The lowest BCUT2D eigenvalue weighted by atomic mass is 10.1. The first-order chi connectivity index (χ1) is 17.6. The van der Waals surface area contributed by atoms with Crippen molar-refractivity contribution in [1.82, 2.24) is 10.2 Å². The first-order valence-electron chi connectivity index (χ1n) is 12.6. The summed E-state index contributed by atoms with van der Waals surface area (Å²) in [7, 11) is -3.56. The van der Waals surface area contributed by atoms with Crippen LogP contribution in [0, 0.1) is 0 Å². The number of hydrogen-bond acceptors (Lipinski definition) is 5. The Kier molecular flexibility index (Phi) is 12.4. The summed E-state index contributed by atoms with van der Waals surface area (Å²) in [6.07, 6.45) is 3.38. The third-order valence-corrected chi connectivity index (χ3v) is 7.51. The second-order valence-corrected chi connectivity index (χ2v) is 11.7. The molecule has 0 fully saturated rings. The molecular formula is C27H38BrN3O5S. The van der Waals surface area contributed by atoms with E-state index in [4.69, 9.17) is 4.74 Å². The fraction of sp³-hybridized carbons (Fsp3) is 0.481. The molecule has 2 rings (SSSR count). The van der Waals surface area contributed by atoms with E-state index >= 15 is 0 Å². The Morgan fingerprint density at radius 3 is 2.38 bits per heavy atom. The van der Waals surface area contributed by atoms with E-state index in [0.29, 0.717) is 31.0 Å². The summed E-state index contributed by atoms with van der Waals surface area (Å²) >= 11 is 3.46. The van der Waals surface area contributed by atoms with Crippen molar-refractivity contribution in [2.45, 2.75) is 59.0 Å². The van der Waals surface area contributed by atoms with Crippen LogP contribution in [0.15, 0.2) is 53.0 Å². The normalized spacial score (nSPS) is 12.0. The van der Waals surface area contributed by atoms with Gasteiger partial charge in [-0.1, -0.05) is 41.4 Å². The lowest BCUT2D eigenvalue weighted by molar-refractivity contribution is -0.140. The highest BCUT2D eigenvalue weighted by Crippen LogP contribution is 2.23. The summed E-state index contributed by atoms with van der Waals surface area (Å²) in [6.45, 7) is 7.14. The number of carbonyl (C=O) groups excluding carboxylic acids is 2. The summed E-state index contributed by atoms with van der Waals surface area (Å²) < 4.78 is 32.6. The molecule has 2 amide bonds. The van der Waals surface area contributed by atoms with Crippen molar-refractivity contribution in [2.75, 3.05) is 30.3 Å². The third-order valence-electron chi connectivity index (χ3n) is 5.83. The Morgan fingerprint density at radius 2 is 1.78 bits per heavy atom. The van der Waals surface area contributed by atoms with Crippen LogP contribution < -0.4 is 14.4 Å². The number of ether oxygens (including phenoxy) is 1. The Bertz CT molecular complexity index is 1130. The minimum Gasteiger partial charge on any atom is -0.494 e. The van der Waals surface area contributed by atoms with Crippen LogP contribution >= 0.6 is 15.9 Å². The van der Waals surface area contributed by atoms with E-state index in [1.165, 1.54) is 4.31 Å². The van der Waals surface area contributed by atoms with Crippen molar-refractivity contribution in [3.05, 3.63) is 58.6 Å². The Hall–Kier alpha value is -2.59. The molecule has 0 spiro atoms. The minimum atomic E-state index is -3.56. The zero-order valence-corrected chi connectivity index (χ0v) is 24.5. The van der Waals surface area contributed by atoms with Crippen LogP contribution in [-0.2, 0) is 26.2 Å². The maximum atomic E-state index is 13.3. The average molecular weight is 597 g/mol. The highest BCUT2D eigenvalue weighted by Gasteiger charge is 2.26. The van der Waals surface area contributed by atoms with Crippen LogP contribution in [0.25, 0.3) is 0 Å². The smallest absolute Gasteiger partial charge is 0.242 e. The first-order valence-corrected chi connectivity index (χ1v) is 15.2. The fourth-order valence-corrected chi connectivity index (χ4v) is 5.24. The van der Waals surface area contributed by atoms with E-state index < -0.39 is 16.1 Å². The van der Waals surface area contributed by atoms with Crippen LogP contribution in [0.1, 0.15) is 52.0 Å². The molecule has 2 aromatic carbocycles. The second-order valence-electron chi connectivity index (χ2n) is 8.84. The van der Waals surface area contributed by atoms with Gasteiger partial charge in [-0.2, -0.15) is 0 Å². The number of nitrogens with one attached hydrogen (secondary N) is 1. The number of amides is 2. The van der Waals surface area contributed by atoms with E-state index in [9.17, 15) is 18.0 Å². The molecule has 0 heterocycles. The lowest BCUT2D eigenvalue weighted by Gasteiger charge is -2.29. The molecule has 37 heavy (non-hydrogen) atoms. The molecule has 0 aliphatic rings. The number of hydrogen-bond donors (Lipinski definition) is 1. The quantitative estimate of drug-likeness (QED) is 0.300. The molecule has 0 bridgehead atoms. The van der Waals surface area contributed by atoms with E-state index in [-0.39, 0.29) is 31.3 Å². The zero-order valence-electron chi connectivity index (χ0n) is 22.1. The summed E-state index contributed by atoms with van der Waals surface area (Å²) in [4.78, 5) is 27.7. The van der Waals surface area contributed by atoms with Crippen molar-refractivity contribution in [3.63, 3.8) is 0 Å². The number of nitrogens with zero attached hydrogens (tertiary/aromatic N) is 2. The summed E-state index contributed by atoms with van der Waals surface area (Å²) in [6, 6.07) is 13.8. The SMILES string of the molecule is CCCCNC(=O)[C@@H](C)N(Cc1cccc(Br)c1)C(=O)CCCN(c1ccc(OCC)cc1)S(C)(=O)=O. The minimum absolute atomic E-state index is 0.101. The van der Waals surface area contributed by atoms with E-state index in [1.54, 1.807) is 36.1 Å². The number of rotatable bonds is 15. The molecule has 0 aliphatic heterocycles. The molecule has 8 nitrogen and oxygen atoms in total. The van der Waals surface area contributed by atoms with Crippen LogP contribution in [0.3, 0.4) is 0 Å². The van der Waals surface area contributed by atoms with Crippen LogP contribution in [0.2, 0.25) is 0 Å². The Labute approximate surface area is 229 Å². The van der Waals surface area contributed by atoms with Gasteiger partial charge in [0.1, 0.15) is 11.8 Å². The van der Waals surface area contributed by atoms with Gasteiger partial charge in [-0.3, -0.25) is 13.9 Å². The molecule has 0 aliphatic carbocycles. The van der Waals surface area contributed by atoms with Gasteiger partial charge in [0.15, 0.2) is 0 Å². The number of benzene rings is 2. The van der Waals surface area contributed by atoms with Gasteiger partial charge in [-0.15, -0.1) is 0 Å². The maximum Gasteiger partial charge on any atom is 0.242 e. The zero-order chi connectivity index (χ0) is 27.4. The Balaban J connectivity index is 2.13. The molecular weight excluding hydrogens is 558 g/mol. The monoisotopic (exact) mass is 595 g/mol. The average Bonchev–Trinajstić information content (AvgIpc) is 2.85. The topological polar surface area (TPSA) is 96.0 Å². The molecule has 1 atom stereocenters. The van der Waals surface area contributed by atoms with Gasteiger partial charge in [-0.05, 0) is 68.7 Å². The summed E-state index contributed by atoms with van der Waals surface area (Å²) in [5.74, 6) is 0.242. The number of carbonyl (C=O) groups is 2. The standard InChI is InChI=1S/C27H38BrN3O5S/c1-5-7-17-29-27(33)21(3)30(20-22-10-8-11-23(28)19-22)26(32)12-9-18-31(37(4,34)35)24-13-15-25(16-14-24)36-6-2/h8,10-11,13-16,19,21H,5-7,9,12,17-18,20H2,1-4H3,(H,29,33)/t21-/m1/s1.